The maximum absolute atomic E-state index is 13.4. The number of hydrogen-bond acceptors (Lipinski definition) is 2. The van der Waals surface area contributed by atoms with Gasteiger partial charge >= 0.3 is 5.97 Å². The van der Waals surface area contributed by atoms with E-state index < -0.39 is 12.1 Å². The van der Waals surface area contributed by atoms with E-state index in [1.54, 1.807) is 0 Å². The summed E-state index contributed by atoms with van der Waals surface area (Å²) in [6.45, 7) is 1.54. The Labute approximate surface area is 77.5 Å². The summed E-state index contributed by atoms with van der Waals surface area (Å²) >= 11 is 0. The zero-order chi connectivity index (χ0) is 9.84. The minimum atomic E-state index is -0.943. The molecule has 3 nitrogen and oxygen atoms in total. The summed E-state index contributed by atoms with van der Waals surface area (Å²) in [6.07, 6.45) is 0.147. The molecule has 0 amide bonds. The van der Waals surface area contributed by atoms with Crippen LogP contribution in [0.15, 0.2) is 0 Å². The fourth-order valence-corrected chi connectivity index (χ4v) is 1.71. The number of hydrogen-bond donors (Lipinski definition) is 1. The Balaban J connectivity index is 2.46. The Morgan fingerprint density at radius 2 is 2.15 bits per heavy atom. The molecule has 1 N–H and O–H groups in total. The van der Waals surface area contributed by atoms with E-state index in [9.17, 15) is 9.18 Å². The number of halogens is 1. The predicted molar refractivity (Wildman–Crippen MR) is 47.4 cm³/mol. The van der Waals surface area contributed by atoms with E-state index in [1.165, 1.54) is 0 Å². The Morgan fingerprint density at radius 1 is 1.54 bits per heavy atom. The minimum absolute atomic E-state index is 0.0327. The summed E-state index contributed by atoms with van der Waals surface area (Å²) in [5, 5.41) is 8.56. The van der Waals surface area contributed by atoms with Crippen LogP contribution < -0.4 is 0 Å². The lowest BCUT2D eigenvalue weighted by atomic mass is 9.95. The van der Waals surface area contributed by atoms with Gasteiger partial charge in [0.2, 0.25) is 0 Å². The van der Waals surface area contributed by atoms with Crippen LogP contribution in [0.25, 0.3) is 0 Å². The second-order valence-electron chi connectivity index (χ2n) is 3.75. The zero-order valence-corrected chi connectivity index (χ0v) is 7.87. The first-order valence-corrected chi connectivity index (χ1v) is 4.64. The van der Waals surface area contributed by atoms with Crippen LogP contribution in [0.2, 0.25) is 0 Å². The third kappa shape index (κ3) is 3.30. The lowest BCUT2D eigenvalue weighted by Gasteiger charge is -2.14. The first-order chi connectivity index (χ1) is 6.09. The van der Waals surface area contributed by atoms with E-state index in [4.69, 9.17) is 5.11 Å². The molecule has 1 aliphatic rings. The molecule has 1 fully saturated rings. The molecule has 2 unspecified atom stereocenters. The van der Waals surface area contributed by atoms with Gasteiger partial charge in [-0.3, -0.25) is 4.79 Å². The Hall–Kier alpha value is -0.640. The van der Waals surface area contributed by atoms with Gasteiger partial charge in [-0.1, -0.05) is 0 Å². The molecule has 4 heteroatoms. The van der Waals surface area contributed by atoms with Gasteiger partial charge in [-0.15, -0.1) is 0 Å². The molecule has 0 aliphatic carbocycles. The fourth-order valence-electron chi connectivity index (χ4n) is 1.71. The van der Waals surface area contributed by atoms with Gasteiger partial charge in [-0.2, -0.15) is 0 Å². The molecular weight excluding hydrogens is 173 g/mol. The number of rotatable bonds is 2. The molecular formula is C9H16FNO2. The third-order valence-corrected chi connectivity index (χ3v) is 2.62. The standard InChI is InChI=1S/C9H16FNO2/c1-11-4-2-7(6-9(12)13)8(10)3-5-11/h7-8H,2-6H2,1H3,(H,12,13). The number of carboxylic acid groups (broad SMARTS) is 1. The maximum atomic E-state index is 13.4. The van der Waals surface area contributed by atoms with Crippen molar-refractivity contribution in [2.45, 2.75) is 25.4 Å². The van der Waals surface area contributed by atoms with Crippen molar-refractivity contribution in [3.63, 3.8) is 0 Å². The number of carboxylic acids is 1. The minimum Gasteiger partial charge on any atom is -0.481 e. The van der Waals surface area contributed by atoms with E-state index in [0.717, 1.165) is 13.1 Å². The molecule has 76 valence electrons. The first kappa shape index (κ1) is 10.4. The highest BCUT2D eigenvalue weighted by molar-refractivity contribution is 5.67. The van der Waals surface area contributed by atoms with Crippen LogP contribution in [0.1, 0.15) is 19.3 Å². The van der Waals surface area contributed by atoms with Gasteiger partial charge in [0.15, 0.2) is 0 Å². The largest absolute Gasteiger partial charge is 0.481 e. The topological polar surface area (TPSA) is 40.5 Å². The Morgan fingerprint density at radius 3 is 2.77 bits per heavy atom. The molecule has 1 aliphatic heterocycles. The van der Waals surface area contributed by atoms with Crippen molar-refractivity contribution >= 4 is 5.97 Å². The number of carbonyl (C=O) groups is 1. The predicted octanol–water partition coefficient (Wildman–Crippen LogP) is 1.14. The molecule has 0 radical (unpaired) electrons. The molecule has 1 heterocycles. The molecule has 0 saturated carbocycles. The maximum Gasteiger partial charge on any atom is 0.303 e. The molecule has 13 heavy (non-hydrogen) atoms. The van der Waals surface area contributed by atoms with Gasteiger partial charge in [0.1, 0.15) is 6.17 Å². The highest BCUT2D eigenvalue weighted by Crippen LogP contribution is 2.23. The highest BCUT2D eigenvalue weighted by atomic mass is 19.1. The van der Waals surface area contributed by atoms with Crippen LogP contribution in [-0.2, 0) is 4.79 Å². The van der Waals surface area contributed by atoms with E-state index in [0.29, 0.717) is 12.8 Å². The second kappa shape index (κ2) is 4.56. The Bertz CT molecular complexity index is 186. The molecule has 1 saturated heterocycles. The smallest absolute Gasteiger partial charge is 0.303 e. The number of nitrogens with zero attached hydrogens (tertiary/aromatic N) is 1. The lowest BCUT2D eigenvalue weighted by molar-refractivity contribution is -0.138. The van der Waals surface area contributed by atoms with Crippen molar-refractivity contribution in [3.8, 4) is 0 Å². The van der Waals surface area contributed by atoms with Crippen molar-refractivity contribution in [1.29, 1.82) is 0 Å². The SMILES string of the molecule is CN1CCC(F)C(CC(=O)O)CC1. The van der Waals surface area contributed by atoms with Crippen LogP contribution >= 0.6 is 0 Å². The summed E-state index contributed by atoms with van der Waals surface area (Å²) in [4.78, 5) is 12.5. The van der Waals surface area contributed by atoms with E-state index in [2.05, 4.69) is 4.90 Å². The van der Waals surface area contributed by atoms with Gasteiger partial charge in [0.05, 0.1) is 6.42 Å². The summed E-state index contributed by atoms with van der Waals surface area (Å²) in [5.74, 6) is -1.18. The normalized spacial score (nSPS) is 31.2. The Kier molecular flexibility index (Phi) is 3.66. The van der Waals surface area contributed by atoms with E-state index in [1.807, 2.05) is 7.05 Å². The van der Waals surface area contributed by atoms with Crippen molar-refractivity contribution in [2.24, 2.45) is 5.92 Å². The molecule has 0 aromatic heterocycles. The molecule has 1 rings (SSSR count). The third-order valence-electron chi connectivity index (χ3n) is 2.62. The van der Waals surface area contributed by atoms with Gasteiger partial charge < -0.3 is 10.0 Å². The van der Waals surface area contributed by atoms with Crippen molar-refractivity contribution in [2.75, 3.05) is 20.1 Å². The summed E-state index contributed by atoms with van der Waals surface area (Å²) < 4.78 is 13.4. The van der Waals surface area contributed by atoms with E-state index >= 15 is 0 Å². The lowest BCUT2D eigenvalue weighted by Crippen LogP contribution is -2.19. The van der Waals surface area contributed by atoms with Gasteiger partial charge in [-0.25, -0.2) is 4.39 Å². The van der Waals surface area contributed by atoms with E-state index in [-0.39, 0.29) is 12.3 Å². The van der Waals surface area contributed by atoms with Gasteiger partial charge in [-0.05, 0) is 26.4 Å². The van der Waals surface area contributed by atoms with Crippen molar-refractivity contribution in [3.05, 3.63) is 0 Å². The summed E-state index contributed by atoms with van der Waals surface area (Å²) in [6, 6.07) is 0. The molecule has 0 bridgehead atoms. The van der Waals surface area contributed by atoms with Crippen LogP contribution in [0, 0.1) is 5.92 Å². The monoisotopic (exact) mass is 189 g/mol. The molecule has 2 atom stereocenters. The van der Waals surface area contributed by atoms with Crippen molar-refractivity contribution < 1.29 is 14.3 Å². The number of aliphatic carboxylic acids is 1. The number of alkyl halides is 1. The van der Waals surface area contributed by atoms with Gasteiger partial charge in [0.25, 0.3) is 0 Å². The highest BCUT2D eigenvalue weighted by Gasteiger charge is 2.26. The molecule has 0 aromatic carbocycles. The molecule has 0 spiro atoms. The summed E-state index contributed by atoms with van der Waals surface area (Å²) in [7, 11) is 1.94. The van der Waals surface area contributed by atoms with Gasteiger partial charge in [0, 0.05) is 12.5 Å². The fraction of sp³-hybridized carbons (Fsp3) is 0.889. The quantitative estimate of drug-likeness (QED) is 0.708. The van der Waals surface area contributed by atoms with Crippen LogP contribution in [0.3, 0.4) is 0 Å². The number of likely N-dealkylation sites (tertiary alicyclic amines) is 1. The second-order valence-corrected chi connectivity index (χ2v) is 3.75. The van der Waals surface area contributed by atoms with Crippen molar-refractivity contribution in [1.82, 2.24) is 4.90 Å². The van der Waals surface area contributed by atoms with Crippen LogP contribution in [-0.4, -0.2) is 42.3 Å². The summed E-state index contributed by atoms with van der Waals surface area (Å²) in [5.41, 5.74) is 0. The van der Waals surface area contributed by atoms with Crippen LogP contribution in [0.5, 0.6) is 0 Å². The average Bonchev–Trinajstić information content (AvgIpc) is 2.19. The zero-order valence-electron chi connectivity index (χ0n) is 7.87. The first-order valence-electron chi connectivity index (χ1n) is 4.64. The molecule has 0 aromatic rings. The van der Waals surface area contributed by atoms with Crippen LogP contribution in [0.4, 0.5) is 4.39 Å². The average molecular weight is 189 g/mol.